The van der Waals surface area contributed by atoms with E-state index in [2.05, 4.69) is 4.98 Å². The molecule has 106 valence electrons. The fourth-order valence-electron chi connectivity index (χ4n) is 2.44. The van der Waals surface area contributed by atoms with Crippen LogP contribution >= 0.6 is 0 Å². The van der Waals surface area contributed by atoms with Gasteiger partial charge in [0.05, 0.1) is 17.4 Å². The number of benzene rings is 1. The highest BCUT2D eigenvalue weighted by Crippen LogP contribution is 2.27. The Hall–Kier alpha value is -1.98. The molecule has 1 heterocycles. The average Bonchev–Trinajstić information content (AvgIpc) is 3.17. The Balaban J connectivity index is 1.87. The van der Waals surface area contributed by atoms with Crippen LogP contribution in [0.2, 0.25) is 0 Å². The summed E-state index contributed by atoms with van der Waals surface area (Å²) in [5.74, 6) is -1.87. The van der Waals surface area contributed by atoms with Crippen molar-refractivity contribution in [2.24, 2.45) is 0 Å². The summed E-state index contributed by atoms with van der Waals surface area (Å²) in [6.07, 6.45) is 3.54. The number of halogens is 2. The van der Waals surface area contributed by atoms with Gasteiger partial charge in [-0.15, -0.1) is 0 Å². The minimum absolute atomic E-state index is 0.0148. The van der Waals surface area contributed by atoms with Gasteiger partial charge in [-0.2, -0.15) is 0 Å². The van der Waals surface area contributed by atoms with Gasteiger partial charge in [0.25, 0.3) is 0 Å². The maximum absolute atomic E-state index is 13.3. The standard InChI is InChI=1S/C14H15F2N3O/c1-2-19(9-3-4-9)14(20)7-18-8-17-12-5-10(15)11(16)6-13(12)18/h5-6,8-9H,2-4,7H2,1H3. The molecule has 0 unspecified atom stereocenters. The summed E-state index contributed by atoms with van der Waals surface area (Å²) >= 11 is 0. The quantitative estimate of drug-likeness (QED) is 0.861. The smallest absolute Gasteiger partial charge is 0.242 e. The van der Waals surface area contributed by atoms with E-state index in [1.807, 2.05) is 11.8 Å². The van der Waals surface area contributed by atoms with Gasteiger partial charge in [0.15, 0.2) is 11.6 Å². The van der Waals surface area contributed by atoms with Crippen LogP contribution in [0.1, 0.15) is 19.8 Å². The molecular weight excluding hydrogens is 264 g/mol. The van der Waals surface area contributed by atoms with E-state index in [0.29, 0.717) is 23.6 Å². The van der Waals surface area contributed by atoms with Crippen LogP contribution < -0.4 is 0 Å². The number of carbonyl (C=O) groups excluding carboxylic acids is 1. The molecule has 1 amide bonds. The highest BCUT2D eigenvalue weighted by Gasteiger charge is 2.31. The van der Waals surface area contributed by atoms with Crippen molar-refractivity contribution >= 4 is 16.9 Å². The predicted octanol–water partition coefficient (Wildman–Crippen LogP) is 2.33. The van der Waals surface area contributed by atoms with Crippen molar-refractivity contribution in [1.82, 2.24) is 14.5 Å². The second kappa shape index (κ2) is 4.85. The zero-order chi connectivity index (χ0) is 14.3. The molecule has 1 aliphatic carbocycles. The summed E-state index contributed by atoms with van der Waals surface area (Å²) in [4.78, 5) is 18.1. The Labute approximate surface area is 115 Å². The number of carbonyl (C=O) groups is 1. The summed E-state index contributed by atoms with van der Waals surface area (Å²) in [6, 6.07) is 2.47. The van der Waals surface area contributed by atoms with Crippen molar-refractivity contribution in [2.45, 2.75) is 32.4 Å². The maximum atomic E-state index is 13.3. The number of nitrogens with zero attached hydrogens (tertiary/aromatic N) is 3. The first-order chi connectivity index (χ1) is 9.60. The molecule has 1 aromatic heterocycles. The van der Waals surface area contributed by atoms with Gasteiger partial charge >= 0.3 is 0 Å². The molecule has 1 fully saturated rings. The van der Waals surface area contributed by atoms with Gasteiger partial charge in [-0.25, -0.2) is 13.8 Å². The van der Waals surface area contributed by atoms with E-state index in [1.54, 1.807) is 4.57 Å². The Morgan fingerprint density at radius 3 is 2.75 bits per heavy atom. The lowest BCUT2D eigenvalue weighted by molar-refractivity contribution is -0.132. The van der Waals surface area contributed by atoms with Crippen molar-refractivity contribution in [3.8, 4) is 0 Å². The molecule has 1 aromatic carbocycles. The monoisotopic (exact) mass is 279 g/mol. The van der Waals surface area contributed by atoms with E-state index in [9.17, 15) is 13.6 Å². The fraction of sp³-hybridized carbons (Fsp3) is 0.429. The molecule has 3 rings (SSSR count). The Morgan fingerprint density at radius 1 is 1.40 bits per heavy atom. The summed E-state index contributed by atoms with van der Waals surface area (Å²) in [5, 5.41) is 0. The third-order valence-electron chi connectivity index (χ3n) is 3.62. The summed E-state index contributed by atoms with van der Waals surface area (Å²) in [5.41, 5.74) is 0.787. The van der Waals surface area contributed by atoms with Crippen LogP contribution in [0.5, 0.6) is 0 Å². The van der Waals surface area contributed by atoms with Crippen molar-refractivity contribution < 1.29 is 13.6 Å². The second-order valence-electron chi connectivity index (χ2n) is 5.04. The lowest BCUT2D eigenvalue weighted by Crippen LogP contribution is -2.35. The number of rotatable bonds is 4. The molecule has 20 heavy (non-hydrogen) atoms. The lowest BCUT2D eigenvalue weighted by Gasteiger charge is -2.20. The number of imidazole rings is 1. The Bertz CT molecular complexity index is 664. The van der Waals surface area contributed by atoms with Gasteiger partial charge in [-0.1, -0.05) is 0 Å². The third kappa shape index (κ3) is 2.26. The summed E-state index contributed by atoms with van der Waals surface area (Å²) in [6.45, 7) is 2.71. The third-order valence-corrected chi connectivity index (χ3v) is 3.62. The number of fused-ring (bicyclic) bond motifs is 1. The SMILES string of the molecule is CCN(C(=O)Cn1cnc2cc(F)c(F)cc21)C1CC1. The van der Waals surface area contributed by atoms with Gasteiger partial charge in [0, 0.05) is 24.7 Å². The number of amides is 1. The molecule has 1 aliphatic rings. The van der Waals surface area contributed by atoms with Gasteiger partial charge < -0.3 is 9.47 Å². The zero-order valence-electron chi connectivity index (χ0n) is 11.1. The topological polar surface area (TPSA) is 38.1 Å². The number of likely N-dealkylation sites (N-methyl/N-ethyl adjacent to an activating group) is 1. The van der Waals surface area contributed by atoms with Crippen LogP contribution in [0.3, 0.4) is 0 Å². The number of aromatic nitrogens is 2. The van der Waals surface area contributed by atoms with E-state index in [0.717, 1.165) is 25.0 Å². The fourth-order valence-corrected chi connectivity index (χ4v) is 2.44. The maximum Gasteiger partial charge on any atom is 0.242 e. The van der Waals surface area contributed by atoms with Crippen LogP contribution in [-0.4, -0.2) is 32.9 Å². The van der Waals surface area contributed by atoms with Gasteiger partial charge in [-0.3, -0.25) is 4.79 Å². The molecule has 0 spiro atoms. The highest BCUT2D eigenvalue weighted by atomic mass is 19.2. The molecular formula is C14H15F2N3O. The van der Waals surface area contributed by atoms with Crippen LogP contribution in [0.4, 0.5) is 8.78 Å². The highest BCUT2D eigenvalue weighted by molar-refractivity contribution is 5.81. The minimum Gasteiger partial charge on any atom is -0.338 e. The molecule has 0 radical (unpaired) electrons. The molecule has 0 N–H and O–H groups in total. The molecule has 4 nitrogen and oxygen atoms in total. The van der Waals surface area contributed by atoms with E-state index in [1.165, 1.54) is 6.33 Å². The van der Waals surface area contributed by atoms with E-state index in [4.69, 9.17) is 0 Å². The van der Waals surface area contributed by atoms with Crippen LogP contribution in [0.15, 0.2) is 18.5 Å². The van der Waals surface area contributed by atoms with E-state index in [-0.39, 0.29) is 12.5 Å². The molecule has 0 atom stereocenters. The van der Waals surface area contributed by atoms with Crippen molar-refractivity contribution in [2.75, 3.05) is 6.54 Å². The summed E-state index contributed by atoms with van der Waals surface area (Å²) in [7, 11) is 0. The van der Waals surface area contributed by atoms with Crippen molar-refractivity contribution in [1.29, 1.82) is 0 Å². The number of hydrogen-bond donors (Lipinski definition) is 0. The first-order valence-corrected chi connectivity index (χ1v) is 6.69. The first-order valence-electron chi connectivity index (χ1n) is 6.69. The first kappa shape index (κ1) is 13.0. The Morgan fingerprint density at radius 2 is 2.10 bits per heavy atom. The van der Waals surface area contributed by atoms with Crippen molar-refractivity contribution in [3.63, 3.8) is 0 Å². The molecule has 1 saturated carbocycles. The van der Waals surface area contributed by atoms with Crippen LogP contribution in [-0.2, 0) is 11.3 Å². The van der Waals surface area contributed by atoms with Gasteiger partial charge in [0.2, 0.25) is 5.91 Å². The zero-order valence-corrected chi connectivity index (χ0v) is 11.1. The second-order valence-corrected chi connectivity index (χ2v) is 5.04. The largest absolute Gasteiger partial charge is 0.338 e. The summed E-state index contributed by atoms with van der Waals surface area (Å²) < 4.78 is 28.0. The molecule has 2 aromatic rings. The van der Waals surface area contributed by atoms with Gasteiger partial charge in [-0.05, 0) is 19.8 Å². The minimum atomic E-state index is -0.929. The van der Waals surface area contributed by atoms with Crippen LogP contribution in [0, 0.1) is 11.6 Å². The molecule has 6 heteroatoms. The molecule has 0 bridgehead atoms. The van der Waals surface area contributed by atoms with E-state index >= 15 is 0 Å². The molecule has 0 saturated heterocycles. The van der Waals surface area contributed by atoms with E-state index < -0.39 is 11.6 Å². The predicted molar refractivity (Wildman–Crippen MR) is 70.1 cm³/mol. The lowest BCUT2D eigenvalue weighted by atomic mass is 10.3. The van der Waals surface area contributed by atoms with Gasteiger partial charge in [0.1, 0.15) is 6.54 Å². The Kier molecular flexibility index (Phi) is 3.16. The average molecular weight is 279 g/mol. The normalized spacial score (nSPS) is 14.8. The van der Waals surface area contributed by atoms with Crippen LogP contribution in [0.25, 0.3) is 11.0 Å². The number of hydrogen-bond acceptors (Lipinski definition) is 2. The molecule has 0 aliphatic heterocycles. The van der Waals surface area contributed by atoms with Crippen molar-refractivity contribution in [3.05, 3.63) is 30.1 Å².